The summed E-state index contributed by atoms with van der Waals surface area (Å²) in [6, 6.07) is 16.5. The maximum Gasteiger partial charge on any atom is 0.247 e. The average molecular weight is 390 g/mol. The van der Waals surface area contributed by atoms with Crippen LogP contribution in [0.3, 0.4) is 0 Å². The molecule has 136 valence electrons. The highest BCUT2D eigenvalue weighted by molar-refractivity contribution is 7.91. The Morgan fingerprint density at radius 1 is 1.15 bits per heavy atom. The summed E-state index contributed by atoms with van der Waals surface area (Å²) in [6.07, 6.45) is 3.72. The normalized spacial score (nSPS) is 18.9. The van der Waals surface area contributed by atoms with Crippen molar-refractivity contribution in [3.05, 3.63) is 76.8 Å². The van der Waals surface area contributed by atoms with Crippen LogP contribution in [0, 0.1) is 0 Å². The lowest BCUT2D eigenvalue weighted by Gasteiger charge is -2.27. The van der Waals surface area contributed by atoms with E-state index < -0.39 is 9.84 Å². The molecule has 3 rings (SSSR count). The van der Waals surface area contributed by atoms with Gasteiger partial charge in [-0.05, 0) is 35.8 Å². The van der Waals surface area contributed by atoms with Gasteiger partial charge in [-0.2, -0.15) is 0 Å². The summed E-state index contributed by atoms with van der Waals surface area (Å²) in [6.45, 7) is 0.332. The second-order valence-corrected chi connectivity index (χ2v) is 9.06. The van der Waals surface area contributed by atoms with Crippen LogP contribution in [0.2, 0.25) is 5.02 Å². The summed E-state index contributed by atoms with van der Waals surface area (Å²) in [7, 11) is -3.09. The molecule has 1 saturated heterocycles. The third-order valence-corrected chi connectivity index (χ3v) is 6.38. The minimum Gasteiger partial charge on any atom is -0.331 e. The average Bonchev–Trinajstić information content (AvgIpc) is 2.98. The molecular weight excluding hydrogens is 370 g/mol. The number of amides is 1. The van der Waals surface area contributed by atoms with Crippen molar-refractivity contribution in [2.45, 2.75) is 19.0 Å². The summed E-state index contributed by atoms with van der Waals surface area (Å²) in [5.41, 5.74) is 1.80. The first-order chi connectivity index (χ1) is 12.4. The van der Waals surface area contributed by atoms with Gasteiger partial charge < -0.3 is 4.90 Å². The molecule has 1 heterocycles. The Morgan fingerprint density at radius 3 is 2.58 bits per heavy atom. The quantitative estimate of drug-likeness (QED) is 0.734. The van der Waals surface area contributed by atoms with Crippen LogP contribution in [0.1, 0.15) is 17.5 Å². The van der Waals surface area contributed by atoms with Crippen molar-refractivity contribution in [3.63, 3.8) is 0 Å². The number of rotatable bonds is 5. The number of nitrogens with zero attached hydrogens (tertiary/aromatic N) is 1. The predicted octanol–water partition coefficient (Wildman–Crippen LogP) is 3.57. The maximum atomic E-state index is 12.8. The van der Waals surface area contributed by atoms with E-state index in [1.165, 1.54) is 6.08 Å². The summed E-state index contributed by atoms with van der Waals surface area (Å²) < 4.78 is 23.8. The Hall–Kier alpha value is -2.11. The molecule has 0 unspecified atom stereocenters. The zero-order valence-corrected chi connectivity index (χ0v) is 15.8. The van der Waals surface area contributed by atoms with Crippen molar-refractivity contribution in [1.82, 2.24) is 4.90 Å². The van der Waals surface area contributed by atoms with Crippen LogP contribution in [0.15, 0.2) is 60.7 Å². The van der Waals surface area contributed by atoms with Crippen LogP contribution in [0.5, 0.6) is 0 Å². The maximum absolute atomic E-state index is 12.8. The number of carbonyl (C=O) groups excluding carboxylic acids is 1. The first kappa shape index (κ1) is 18.7. The van der Waals surface area contributed by atoms with Crippen LogP contribution < -0.4 is 0 Å². The number of sulfone groups is 1. The molecule has 1 atom stereocenters. The van der Waals surface area contributed by atoms with E-state index in [4.69, 9.17) is 11.6 Å². The predicted molar refractivity (Wildman–Crippen MR) is 105 cm³/mol. The molecule has 0 N–H and O–H groups in total. The van der Waals surface area contributed by atoms with Gasteiger partial charge >= 0.3 is 0 Å². The van der Waals surface area contributed by atoms with E-state index in [2.05, 4.69) is 0 Å². The zero-order chi connectivity index (χ0) is 18.6. The lowest BCUT2D eigenvalue weighted by molar-refractivity contribution is -0.128. The highest BCUT2D eigenvalue weighted by Gasteiger charge is 2.34. The van der Waals surface area contributed by atoms with Gasteiger partial charge in [0.05, 0.1) is 11.5 Å². The number of benzene rings is 2. The minimum atomic E-state index is -3.09. The number of carbonyl (C=O) groups is 1. The van der Waals surface area contributed by atoms with E-state index in [1.807, 2.05) is 42.5 Å². The van der Waals surface area contributed by atoms with Gasteiger partial charge in [0.2, 0.25) is 5.91 Å². The van der Waals surface area contributed by atoms with Crippen LogP contribution in [-0.4, -0.2) is 36.8 Å². The molecule has 0 aliphatic carbocycles. The number of halogens is 1. The van der Waals surface area contributed by atoms with Gasteiger partial charge in [0.25, 0.3) is 0 Å². The number of hydrogen-bond donors (Lipinski definition) is 0. The molecule has 4 nitrogen and oxygen atoms in total. The molecule has 0 bridgehead atoms. The second-order valence-electron chi connectivity index (χ2n) is 6.40. The molecule has 1 amide bonds. The van der Waals surface area contributed by atoms with Gasteiger partial charge in [0.1, 0.15) is 0 Å². The summed E-state index contributed by atoms with van der Waals surface area (Å²) in [4.78, 5) is 14.4. The van der Waals surface area contributed by atoms with Crippen molar-refractivity contribution in [3.8, 4) is 0 Å². The van der Waals surface area contributed by atoms with E-state index in [1.54, 1.807) is 23.1 Å². The Bertz CT molecular complexity index is 910. The van der Waals surface area contributed by atoms with Gasteiger partial charge in [0.15, 0.2) is 9.84 Å². The van der Waals surface area contributed by atoms with Gasteiger partial charge in [-0.1, -0.05) is 54.1 Å². The highest BCUT2D eigenvalue weighted by Crippen LogP contribution is 2.22. The van der Waals surface area contributed by atoms with E-state index in [-0.39, 0.29) is 23.5 Å². The van der Waals surface area contributed by atoms with E-state index in [0.29, 0.717) is 18.0 Å². The summed E-state index contributed by atoms with van der Waals surface area (Å²) in [5, 5.41) is 0.591. The zero-order valence-electron chi connectivity index (χ0n) is 14.2. The lowest BCUT2D eigenvalue weighted by atomic mass is 10.1. The Kier molecular flexibility index (Phi) is 5.79. The minimum absolute atomic E-state index is 0.0124. The molecule has 1 aliphatic heterocycles. The second kappa shape index (κ2) is 8.06. The fourth-order valence-electron chi connectivity index (χ4n) is 3.07. The molecule has 0 radical (unpaired) electrons. The molecule has 6 heteroatoms. The van der Waals surface area contributed by atoms with Gasteiger partial charge in [0, 0.05) is 23.7 Å². The van der Waals surface area contributed by atoms with Crippen LogP contribution in [0.25, 0.3) is 6.08 Å². The first-order valence-corrected chi connectivity index (χ1v) is 10.6. The van der Waals surface area contributed by atoms with Crippen LogP contribution in [0.4, 0.5) is 0 Å². The van der Waals surface area contributed by atoms with Crippen molar-refractivity contribution in [2.75, 3.05) is 11.5 Å². The fourth-order valence-corrected chi connectivity index (χ4v) is 5.01. The molecule has 1 aliphatic rings. The Balaban J connectivity index is 1.82. The molecule has 0 saturated carbocycles. The number of hydrogen-bond acceptors (Lipinski definition) is 3. The third-order valence-electron chi connectivity index (χ3n) is 4.39. The molecule has 2 aromatic carbocycles. The monoisotopic (exact) mass is 389 g/mol. The van der Waals surface area contributed by atoms with Gasteiger partial charge in [-0.15, -0.1) is 0 Å². The molecular formula is C20H20ClNO3S. The lowest BCUT2D eigenvalue weighted by Crippen LogP contribution is -2.39. The topological polar surface area (TPSA) is 54.5 Å². The summed E-state index contributed by atoms with van der Waals surface area (Å²) in [5.74, 6) is -0.0614. The standard InChI is InChI=1S/C20H20ClNO3S/c21-18-8-4-7-17(13-18)14-22(19-11-12-26(24,25)15-19)20(23)10-9-16-5-2-1-3-6-16/h1-10,13,19H,11-12,14-15H2/b10-9+/t19-/m1/s1. The van der Waals surface area contributed by atoms with Crippen molar-refractivity contribution < 1.29 is 13.2 Å². The van der Waals surface area contributed by atoms with Crippen LogP contribution >= 0.6 is 11.6 Å². The molecule has 0 spiro atoms. The Morgan fingerprint density at radius 2 is 1.92 bits per heavy atom. The smallest absolute Gasteiger partial charge is 0.247 e. The largest absolute Gasteiger partial charge is 0.331 e. The molecule has 2 aromatic rings. The van der Waals surface area contributed by atoms with E-state index in [9.17, 15) is 13.2 Å². The Labute approximate surface area is 159 Å². The van der Waals surface area contributed by atoms with Crippen molar-refractivity contribution in [2.24, 2.45) is 0 Å². The van der Waals surface area contributed by atoms with Crippen molar-refractivity contribution >= 4 is 33.4 Å². The molecule has 1 fully saturated rings. The van der Waals surface area contributed by atoms with E-state index >= 15 is 0 Å². The molecule has 0 aromatic heterocycles. The van der Waals surface area contributed by atoms with Gasteiger partial charge in [-0.3, -0.25) is 4.79 Å². The van der Waals surface area contributed by atoms with Gasteiger partial charge in [-0.25, -0.2) is 8.42 Å². The van der Waals surface area contributed by atoms with E-state index in [0.717, 1.165) is 11.1 Å². The fraction of sp³-hybridized carbons (Fsp3) is 0.250. The van der Waals surface area contributed by atoms with Crippen LogP contribution in [-0.2, 0) is 21.2 Å². The molecule has 26 heavy (non-hydrogen) atoms. The van der Waals surface area contributed by atoms with Crippen molar-refractivity contribution in [1.29, 1.82) is 0 Å². The first-order valence-electron chi connectivity index (χ1n) is 8.41. The summed E-state index contributed by atoms with van der Waals surface area (Å²) >= 11 is 6.04. The highest BCUT2D eigenvalue weighted by atomic mass is 35.5. The SMILES string of the molecule is O=C(/C=C/c1ccccc1)N(Cc1cccc(Cl)c1)[C@@H]1CCS(=O)(=O)C1. The third kappa shape index (κ3) is 4.96.